The minimum absolute atomic E-state index is 0.857. The van der Waals surface area contributed by atoms with Crippen molar-refractivity contribution in [1.29, 1.82) is 0 Å². The second-order valence-electron chi connectivity index (χ2n) is 7.23. The molecule has 0 radical (unpaired) electrons. The van der Waals surface area contributed by atoms with Gasteiger partial charge in [0.15, 0.2) is 0 Å². The molecule has 2 aromatic heterocycles. The van der Waals surface area contributed by atoms with Crippen molar-refractivity contribution in [3.63, 3.8) is 0 Å². The van der Waals surface area contributed by atoms with Crippen LogP contribution in [0.3, 0.4) is 0 Å². The second-order valence-corrected chi connectivity index (χ2v) is 8.19. The van der Waals surface area contributed by atoms with Gasteiger partial charge in [0.05, 0.1) is 33.9 Å². The Morgan fingerprint density at radius 1 is 0.536 bits per heavy atom. The summed E-state index contributed by atoms with van der Waals surface area (Å²) in [5, 5.41) is 5.32. The van der Waals surface area contributed by atoms with Crippen LogP contribution in [-0.4, -0.2) is 7.35 Å². The van der Waals surface area contributed by atoms with E-state index in [4.69, 9.17) is 0 Å². The zero-order chi connectivity index (χ0) is 18.7. The number of para-hydroxylation sites is 3. The number of benzene rings is 4. The van der Waals surface area contributed by atoms with Crippen LogP contribution in [0.15, 0.2) is 91.0 Å². The molecular formula is C25H17IN2. The SMILES string of the molecule is In1c2ccccc2c2c(Cn3c4ccccc4c4ccccc43)cccc21. The summed E-state index contributed by atoms with van der Waals surface area (Å²) in [5.74, 6) is 0. The van der Waals surface area contributed by atoms with E-state index in [9.17, 15) is 0 Å². The summed E-state index contributed by atoms with van der Waals surface area (Å²) in [6.07, 6.45) is 0. The normalized spacial score (nSPS) is 11.9. The lowest BCUT2D eigenvalue weighted by Crippen LogP contribution is -1.99. The van der Waals surface area contributed by atoms with Gasteiger partial charge in [-0.05, 0) is 29.8 Å². The summed E-state index contributed by atoms with van der Waals surface area (Å²) in [7, 11) is 0. The molecule has 0 saturated carbocycles. The molecule has 134 valence electrons. The van der Waals surface area contributed by atoms with Crippen LogP contribution in [0.5, 0.6) is 0 Å². The molecule has 0 saturated heterocycles. The number of nitrogens with zero attached hydrogens (tertiary/aromatic N) is 2. The standard InChI is InChI=1S/C25H17IN2/c26-28-23-14-6-3-11-20(23)25-17(8-7-15-24(25)28)16-27-21-12-4-1-9-18(21)19-10-2-5-13-22(19)27/h1-15H,16H2. The number of aromatic nitrogens is 2. The third kappa shape index (κ3) is 2.20. The molecule has 6 aromatic rings. The van der Waals surface area contributed by atoms with E-state index in [-0.39, 0.29) is 0 Å². The Bertz CT molecular complexity index is 1450. The minimum Gasteiger partial charge on any atom is -0.336 e. The smallest absolute Gasteiger partial charge is 0.0646 e. The summed E-state index contributed by atoms with van der Waals surface area (Å²) in [4.78, 5) is 0. The maximum Gasteiger partial charge on any atom is 0.0646 e. The first-order valence-electron chi connectivity index (χ1n) is 9.46. The highest BCUT2D eigenvalue weighted by atomic mass is 127. The first-order valence-corrected chi connectivity index (χ1v) is 10.4. The predicted molar refractivity (Wildman–Crippen MR) is 127 cm³/mol. The fourth-order valence-electron chi connectivity index (χ4n) is 4.52. The Hall–Kier alpha value is -2.79. The quantitative estimate of drug-likeness (QED) is 0.237. The van der Waals surface area contributed by atoms with Gasteiger partial charge in [0.25, 0.3) is 0 Å². The molecule has 3 heteroatoms. The van der Waals surface area contributed by atoms with Crippen molar-refractivity contribution in [3.8, 4) is 0 Å². The van der Waals surface area contributed by atoms with Crippen molar-refractivity contribution in [2.45, 2.75) is 6.54 Å². The monoisotopic (exact) mass is 472 g/mol. The van der Waals surface area contributed by atoms with Crippen molar-refractivity contribution in [2.24, 2.45) is 0 Å². The highest BCUT2D eigenvalue weighted by Gasteiger charge is 2.15. The maximum atomic E-state index is 2.46. The minimum atomic E-state index is 0.857. The molecule has 2 nitrogen and oxygen atoms in total. The summed E-state index contributed by atoms with van der Waals surface area (Å²) in [6.45, 7) is 0.857. The van der Waals surface area contributed by atoms with Crippen LogP contribution < -0.4 is 0 Å². The van der Waals surface area contributed by atoms with Crippen LogP contribution in [0.25, 0.3) is 43.6 Å². The fourth-order valence-corrected chi connectivity index (χ4v) is 5.35. The third-order valence-corrected chi connectivity index (χ3v) is 6.77. The van der Waals surface area contributed by atoms with Crippen LogP contribution in [0.4, 0.5) is 0 Å². The van der Waals surface area contributed by atoms with E-state index in [2.05, 4.69) is 121 Å². The average molecular weight is 472 g/mol. The van der Waals surface area contributed by atoms with E-state index in [1.165, 1.54) is 49.2 Å². The lowest BCUT2D eigenvalue weighted by molar-refractivity contribution is 0.876. The zero-order valence-electron chi connectivity index (χ0n) is 15.1. The van der Waals surface area contributed by atoms with Crippen molar-refractivity contribution in [2.75, 3.05) is 0 Å². The Morgan fingerprint density at radius 2 is 1.07 bits per heavy atom. The summed E-state index contributed by atoms with van der Waals surface area (Å²) < 4.78 is 4.73. The van der Waals surface area contributed by atoms with Crippen LogP contribution in [0.1, 0.15) is 5.56 Å². The van der Waals surface area contributed by atoms with Crippen LogP contribution >= 0.6 is 22.9 Å². The highest BCUT2D eigenvalue weighted by molar-refractivity contribution is 14.1. The number of fused-ring (bicyclic) bond motifs is 6. The molecule has 0 aliphatic carbocycles. The van der Waals surface area contributed by atoms with E-state index in [0.717, 1.165) is 6.54 Å². The first kappa shape index (κ1) is 16.2. The zero-order valence-corrected chi connectivity index (χ0v) is 17.3. The van der Waals surface area contributed by atoms with Crippen molar-refractivity contribution < 1.29 is 0 Å². The topological polar surface area (TPSA) is 9.86 Å². The number of hydrogen-bond donors (Lipinski definition) is 0. The molecule has 0 unspecified atom stereocenters. The van der Waals surface area contributed by atoms with E-state index >= 15 is 0 Å². The van der Waals surface area contributed by atoms with Crippen molar-refractivity contribution in [3.05, 3.63) is 96.6 Å². The molecule has 0 aliphatic rings. The van der Waals surface area contributed by atoms with Gasteiger partial charge >= 0.3 is 0 Å². The molecule has 0 amide bonds. The molecule has 0 atom stereocenters. The van der Waals surface area contributed by atoms with Gasteiger partial charge in [-0.3, -0.25) is 2.78 Å². The van der Waals surface area contributed by atoms with Gasteiger partial charge in [-0.2, -0.15) is 0 Å². The Labute approximate surface area is 176 Å². The van der Waals surface area contributed by atoms with E-state index < -0.39 is 0 Å². The second kappa shape index (κ2) is 6.11. The molecule has 0 spiro atoms. The van der Waals surface area contributed by atoms with E-state index in [1.54, 1.807) is 0 Å². The third-order valence-electron chi connectivity index (χ3n) is 5.73. The Morgan fingerprint density at radius 3 is 1.75 bits per heavy atom. The van der Waals surface area contributed by atoms with E-state index in [1.807, 2.05) is 0 Å². The van der Waals surface area contributed by atoms with Crippen molar-refractivity contribution >= 4 is 66.5 Å². The molecule has 6 rings (SSSR count). The lowest BCUT2D eigenvalue weighted by Gasteiger charge is -2.10. The van der Waals surface area contributed by atoms with Crippen LogP contribution in [0, 0.1) is 0 Å². The van der Waals surface area contributed by atoms with Gasteiger partial charge in [-0.1, -0.05) is 66.7 Å². The number of hydrogen-bond acceptors (Lipinski definition) is 0. The predicted octanol–water partition coefficient (Wildman–Crippen LogP) is 7.15. The van der Waals surface area contributed by atoms with Gasteiger partial charge in [0, 0.05) is 39.1 Å². The highest BCUT2D eigenvalue weighted by Crippen LogP contribution is 2.35. The molecule has 0 bridgehead atoms. The van der Waals surface area contributed by atoms with Gasteiger partial charge in [0.2, 0.25) is 0 Å². The molecule has 0 aliphatic heterocycles. The summed E-state index contributed by atoms with van der Waals surface area (Å²) in [6, 6.07) is 32.8. The fraction of sp³-hybridized carbons (Fsp3) is 0.0400. The summed E-state index contributed by atoms with van der Waals surface area (Å²) >= 11 is 2.42. The molecule has 0 N–H and O–H groups in total. The van der Waals surface area contributed by atoms with Crippen molar-refractivity contribution in [1.82, 2.24) is 7.35 Å². The molecular weight excluding hydrogens is 455 g/mol. The first-order chi connectivity index (χ1) is 13.8. The van der Waals surface area contributed by atoms with Crippen LogP contribution in [-0.2, 0) is 6.54 Å². The molecule has 4 aromatic carbocycles. The number of rotatable bonds is 2. The van der Waals surface area contributed by atoms with Gasteiger partial charge < -0.3 is 4.57 Å². The molecule has 2 heterocycles. The lowest BCUT2D eigenvalue weighted by atomic mass is 10.1. The largest absolute Gasteiger partial charge is 0.336 e. The average Bonchev–Trinajstić information content (AvgIpc) is 3.23. The molecule has 0 fully saturated rings. The van der Waals surface area contributed by atoms with Gasteiger partial charge in [0.1, 0.15) is 0 Å². The Kier molecular flexibility index (Phi) is 3.53. The number of halogens is 1. The van der Waals surface area contributed by atoms with E-state index in [0.29, 0.717) is 0 Å². The Balaban J connectivity index is 1.67. The summed E-state index contributed by atoms with van der Waals surface area (Å²) in [5.41, 5.74) is 6.49. The molecule has 28 heavy (non-hydrogen) atoms. The van der Waals surface area contributed by atoms with Gasteiger partial charge in [-0.15, -0.1) is 0 Å². The van der Waals surface area contributed by atoms with Crippen LogP contribution in [0.2, 0.25) is 0 Å². The maximum absolute atomic E-state index is 2.46. The van der Waals surface area contributed by atoms with Gasteiger partial charge in [-0.25, -0.2) is 0 Å².